The molecular weight excluding hydrogens is 372 g/mol. The highest BCUT2D eigenvalue weighted by atomic mass is 32.1. The normalized spacial score (nSPS) is 11.8. The largest absolute Gasteiger partial charge is 0.507 e. The van der Waals surface area contributed by atoms with Gasteiger partial charge in [-0.2, -0.15) is 0 Å². The Kier molecular flexibility index (Phi) is 4.69. The average Bonchev–Trinajstić information content (AvgIpc) is 3.07. The van der Waals surface area contributed by atoms with E-state index in [0.717, 1.165) is 15.8 Å². The molecular formula is C22H22N2O3S. The van der Waals surface area contributed by atoms with Crippen LogP contribution in [0.15, 0.2) is 39.5 Å². The monoisotopic (exact) mass is 394 g/mol. The Hall–Kier alpha value is -2.70. The number of hydrogen-bond acceptors (Lipinski definition) is 6. The number of thiazole rings is 1. The molecule has 1 N–H and O–H groups in total. The molecule has 6 heteroatoms. The summed E-state index contributed by atoms with van der Waals surface area (Å²) in [5.41, 5.74) is 3.11. The summed E-state index contributed by atoms with van der Waals surface area (Å²) < 4.78 is 7.15. The van der Waals surface area contributed by atoms with Gasteiger partial charge in [0.2, 0.25) is 5.43 Å². The van der Waals surface area contributed by atoms with Crippen LogP contribution in [0.4, 0.5) is 0 Å². The van der Waals surface area contributed by atoms with Crippen LogP contribution in [0.25, 0.3) is 31.8 Å². The zero-order valence-corrected chi connectivity index (χ0v) is 17.2. The number of aromatic hydroxyl groups is 1. The maximum Gasteiger partial charge on any atom is 0.203 e. The smallest absolute Gasteiger partial charge is 0.203 e. The van der Waals surface area contributed by atoms with Gasteiger partial charge in [-0.15, -0.1) is 11.3 Å². The summed E-state index contributed by atoms with van der Waals surface area (Å²) >= 11 is 1.49. The van der Waals surface area contributed by atoms with Crippen LogP contribution in [0.2, 0.25) is 0 Å². The molecule has 0 amide bonds. The molecule has 0 aliphatic heterocycles. The van der Waals surface area contributed by atoms with E-state index in [1.165, 1.54) is 11.3 Å². The predicted octanol–water partition coefficient (Wildman–Crippen LogP) is 4.71. The molecule has 0 fully saturated rings. The molecule has 2 heterocycles. The number of hydrogen-bond donors (Lipinski definition) is 1. The maximum atomic E-state index is 13.5. The number of fused-ring (bicyclic) bond motifs is 2. The maximum absolute atomic E-state index is 13.5. The van der Waals surface area contributed by atoms with Gasteiger partial charge in [0.1, 0.15) is 22.1 Å². The van der Waals surface area contributed by atoms with Crippen molar-refractivity contribution < 1.29 is 9.52 Å². The van der Waals surface area contributed by atoms with Crippen molar-refractivity contribution in [3.8, 4) is 16.3 Å². The summed E-state index contributed by atoms with van der Waals surface area (Å²) in [5.74, 6) is 0.721. The quantitative estimate of drug-likeness (QED) is 0.543. The fraction of sp³-hybridized carbons (Fsp3) is 0.273. The fourth-order valence-corrected chi connectivity index (χ4v) is 4.57. The van der Waals surface area contributed by atoms with Gasteiger partial charge in [-0.05, 0) is 51.2 Å². The van der Waals surface area contributed by atoms with E-state index in [2.05, 4.69) is 4.98 Å². The number of nitrogens with zero attached hydrogens (tertiary/aromatic N) is 2. The zero-order valence-electron chi connectivity index (χ0n) is 16.4. The first-order chi connectivity index (χ1) is 13.4. The second-order valence-electron chi connectivity index (χ2n) is 7.18. The molecule has 2 aromatic carbocycles. The number of rotatable bonds is 4. The number of aryl methyl sites for hydroxylation is 2. The van der Waals surface area contributed by atoms with Crippen LogP contribution in [-0.2, 0) is 13.0 Å². The Morgan fingerprint density at radius 1 is 1.25 bits per heavy atom. The second-order valence-corrected chi connectivity index (χ2v) is 8.21. The van der Waals surface area contributed by atoms with Crippen molar-refractivity contribution in [2.24, 2.45) is 0 Å². The van der Waals surface area contributed by atoms with E-state index in [0.29, 0.717) is 45.8 Å². The van der Waals surface area contributed by atoms with Crippen LogP contribution in [-0.4, -0.2) is 29.1 Å². The van der Waals surface area contributed by atoms with Crippen molar-refractivity contribution in [1.82, 2.24) is 9.88 Å². The van der Waals surface area contributed by atoms with Crippen molar-refractivity contribution in [2.75, 3.05) is 14.1 Å². The molecule has 2 aromatic heterocycles. The number of aromatic nitrogens is 1. The van der Waals surface area contributed by atoms with Gasteiger partial charge in [-0.1, -0.05) is 19.1 Å². The summed E-state index contributed by atoms with van der Waals surface area (Å²) in [6.45, 7) is 4.23. The minimum atomic E-state index is -0.104. The van der Waals surface area contributed by atoms with E-state index in [1.54, 1.807) is 13.0 Å². The number of benzene rings is 2. The minimum absolute atomic E-state index is 0.104. The van der Waals surface area contributed by atoms with Crippen LogP contribution >= 0.6 is 11.3 Å². The van der Waals surface area contributed by atoms with Crippen molar-refractivity contribution in [2.45, 2.75) is 26.8 Å². The molecule has 0 bridgehead atoms. The van der Waals surface area contributed by atoms with Crippen LogP contribution in [0, 0.1) is 6.92 Å². The molecule has 4 aromatic rings. The van der Waals surface area contributed by atoms with Gasteiger partial charge < -0.3 is 14.4 Å². The third-order valence-corrected chi connectivity index (χ3v) is 5.92. The molecule has 0 spiro atoms. The lowest BCUT2D eigenvalue weighted by Crippen LogP contribution is -2.14. The SMILES string of the molecule is CCc1cc2c(=O)c(-c3nc4ccccc4s3)c(C)oc2c(CN(C)C)c1O. The van der Waals surface area contributed by atoms with E-state index >= 15 is 0 Å². The van der Waals surface area contributed by atoms with Gasteiger partial charge in [-0.3, -0.25) is 4.79 Å². The Morgan fingerprint density at radius 2 is 2.00 bits per heavy atom. The molecule has 0 aliphatic rings. The highest BCUT2D eigenvalue weighted by Crippen LogP contribution is 2.36. The number of phenols is 1. The predicted molar refractivity (Wildman–Crippen MR) is 114 cm³/mol. The van der Waals surface area contributed by atoms with Gasteiger partial charge in [0, 0.05) is 6.54 Å². The number of phenolic OH excluding ortho intramolecular Hbond substituents is 1. The van der Waals surface area contributed by atoms with Crippen LogP contribution in [0.3, 0.4) is 0 Å². The lowest BCUT2D eigenvalue weighted by atomic mass is 10.00. The molecule has 144 valence electrons. The Bertz CT molecular complexity index is 1220. The summed E-state index contributed by atoms with van der Waals surface area (Å²) in [7, 11) is 3.84. The molecule has 0 saturated heterocycles. The van der Waals surface area contributed by atoms with Crippen molar-refractivity contribution >= 4 is 32.5 Å². The highest BCUT2D eigenvalue weighted by molar-refractivity contribution is 7.21. The highest BCUT2D eigenvalue weighted by Gasteiger charge is 2.22. The van der Waals surface area contributed by atoms with E-state index in [4.69, 9.17) is 4.42 Å². The third kappa shape index (κ3) is 2.99. The molecule has 0 aliphatic carbocycles. The minimum Gasteiger partial charge on any atom is -0.507 e. The third-order valence-electron chi connectivity index (χ3n) is 4.87. The number of para-hydroxylation sites is 1. The van der Waals surface area contributed by atoms with E-state index in [-0.39, 0.29) is 11.2 Å². The van der Waals surface area contributed by atoms with Crippen LogP contribution in [0.1, 0.15) is 23.8 Å². The van der Waals surface area contributed by atoms with Crippen molar-refractivity contribution in [1.29, 1.82) is 0 Å². The summed E-state index contributed by atoms with van der Waals surface area (Å²) in [4.78, 5) is 20.0. The second kappa shape index (κ2) is 7.04. The Balaban J connectivity index is 2.05. The lowest BCUT2D eigenvalue weighted by molar-refractivity contribution is 0.382. The van der Waals surface area contributed by atoms with E-state index < -0.39 is 0 Å². The summed E-state index contributed by atoms with van der Waals surface area (Å²) in [6, 6.07) is 9.59. The average molecular weight is 394 g/mol. The van der Waals surface area contributed by atoms with E-state index in [1.807, 2.05) is 50.2 Å². The van der Waals surface area contributed by atoms with Gasteiger partial charge in [0.15, 0.2) is 0 Å². The lowest BCUT2D eigenvalue weighted by Gasteiger charge is -2.16. The summed E-state index contributed by atoms with van der Waals surface area (Å²) in [5, 5.41) is 11.9. The van der Waals surface area contributed by atoms with Gasteiger partial charge >= 0.3 is 0 Å². The molecule has 0 atom stereocenters. The fourth-order valence-electron chi connectivity index (χ4n) is 3.52. The summed E-state index contributed by atoms with van der Waals surface area (Å²) in [6.07, 6.45) is 0.631. The first kappa shape index (κ1) is 18.7. The van der Waals surface area contributed by atoms with Crippen LogP contribution in [0.5, 0.6) is 5.75 Å². The van der Waals surface area contributed by atoms with E-state index in [9.17, 15) is 9.90 Å². The van der Waals surface area contributed by atoms with Gasteiger partial charge in [0.25, 0.3) is 0 Å². The molecule has 4 rings (SSSR count). The first-order valence-electron chi connectivity index (χ1n) is 9.22. The molecule has 0 unspecified atom stereocenters. The molecule has 0 saturated carbocycles. The molecule has 0 radical (unpaired) electrons. The zero-order chi connectivity index (χ0) is 20.0. The van der Waals surface area contributed by atoms with Gasteiger partial charge in [0.05, 0.1) is 26.7 Å². The topological polar surface area (TPSA) is 66.6 Å². The molecule has 5 nitrogen and oxygen atoms in total. The van der Waals surface area contributed by atoms with Crippen molar-refractivity contribution in [3.63, 3.8) is 0 Å². The van der Waals surface area contributed by atoms with Crippen LogP contribution < -0.4 is 5.43 Å². The van der Waals surface area contributed by atoms with Crippen molar-refractivity contribution in [3.05, 3.63) is 57.4 Å². The standard InChI is InChI=1S/C22H22N2O3S/c1-5-13-10-14-20(26)18(22-23-16-8-6-7-9-17(16)28-22)12(2)27-21(14)15(19(13)25)11-24(3)4/h6-10,25H,5,11H2,1-4H3. The first-order valence-corrected chi connectivity index (χ1v) is 10.0. The van der Waals surface area contributed by atoms with Gasteiger partial charge in [-0.25, -0.2) is 4.98 Å². The molecule has 28 heavy (non-hydrogen) atoms. The Morgan fingerprint density at radius 3 is 2.68 bits per heavy atom. The Labute approximate surface area is 166 Å².